The number of rotatable bonds is 0. The minimum absolute atomic E-state index is 1.20. The van der Waals surface area contributed by atoms with Crippen molar-refractivity contribution in [2.75, 3.05) is 0 Å². The number of aryl methyl sites for hydroxylation is 1. The van der Waals surface area contributed by atoms with Crippen molar-refractivity contribution in [3.63, 3.8) is 0 Å². The molecule has 0 bridgehead atoms. The first-order valence-electron chi connectivity index (χ1n) is 7.67. The van der Waals surface area contributed by atoms with Gasteiger partial charge in [-0.2, -0.15) is 0 Å². The molecule has 2 aromatic carbocycles. The Bertz CT molecular complexity index is 508. The molecule has 0 radical (unpaired) electrons. The first-order valence-corrected chi connectivity index (χ1v) is 7.67. The summed E-state index contributed by atoms with van der Waals surface area (Å²) in [5.74, 6) is 0. The highest BCUT2D eigenvalue weighted by atomic mass is 14.6. The molecule has 112 valence electrons. The molecule has 0 spiro atoms. The van der Waals surface area contributed by atoms with Crippen LogP contribution in [0.4, 0.5) is 0 Å². The van der Waals surface area contributed by atoms with Crippen LogP contribution in [0.2, 0.25) is 0 Å². The summed E-state index contributed by atoms with van der Waals surface area (Å²) >= 11 is 0. The van der Waals surface area contributed by atoms with E-state index in [9.17, 15) is 0 Å². The van der Waals surface area contributed by atoms with Crippen molar-refractivity contribution >= 4 is 10.8 Å². The summed E-state index contributed by atoms with van der Waals surface area (Å²) in [6, 6.07) is 20.5. The number of benzene rings is 2. The van der Waals surface area contributed by atoms with Gasteiger partial charge in [-0.15, -0.1) is 0 Å². The lowest BCUT2D eigenvalue weighted by molar-refractivity contribution is 1.36. The molecule has 1 aromatic heterocycles. The average molecular weight is 281 g/mol. The molecular formula is C20H27N. The van der Waals surface area contributed by atoms with Crippen LogP contribution in [0.5, 0.6) is 0 Å². The van der Waals surface area contributed by atoms with E-state index in [0.717, 1.165) is 0 Å². The lowest BCUT2D eigenvalue weighted by atomic mass is 10.2. The predicted molar refractivity (Wildman–Crippen MR) is 95.6 cm³/mol. The third-order valence-electron chi connectivity index (χ3n) is 2.49. The van der Waals surface area contributed by atoms with Crippen molar-refractivity contribution in [3.05, 3.63) is 78.6 Å². The summed E-state index contributed by atoms with van der Waals surface area (Å²) in [6.45, 7) is 10.1. The maximum Gasteiger partial charge on any atom is 0.0346 e. The van der Waals surface area contributed by atoms with Crippen LogP contribution in [0.1, 0.15) is 33.3 Å². The van der Waals surface area contributed by atoms with Gasteiger partial charge in [0.25, 0.3) is 0 Å². The Morgan fingerprint density at radius 3 is 1.62 bits per heavy atom. The number of nitrogens with zero attached hydrogens (tertiary/aromatic N) is 1. The Morgan fingerprint density at radius 1 is 0.619 bits per heavy atom. The third kappa shape index (κ3) is 7.88. The standard InChI is InChI=1S/C9H7N.C7H8.2C2H6/c1-2-4-9-7-10-6-5-8(9)3-1;1-7-5-3-2-4-6-7;2*1-2/h1-7H;2-6H,1H3;2*1-2H3. The molecule has 1 nitrogen and oxygen atoms in total. The molecule has 0 aliphatic carbocycles. The quantitative estimate of drug-likeness (QED) is 0.472. The molecule has 1 heterocycles. The predicted octanol–water partition coefficient (Wildman–Crippen LogP) is 6.28. The van der Waals surface area contributed by atoms with Crippen LogP contribution in [0.3, 0.4) is 0 Å². The van der Waals surface area contributed by atoms with Gasteiger partial charge in [0, 0.05) is 12.4 Å². The summed E-state index contributed by atoms with van der Waals surface area (Å²) in [5.41, 5.74) is 1.32. The maximum atomic E-state index is 4.01. The fraction of sp³-hybridized carbons (Fsp3) is 0.250. The number of fused-ring (bicyclic) bond motifs is 1. The van der Waals surface area contributed by atoms with E-state index in [0.29, 0.717) is 0 Å². The average Bonchev–Trinajstić information content (AvgIpc) is 2.60. The molecule has 0 saturated carbocycles. The highest BCUT2D eigenvalue weighted by molar-refractivity contribution is 5.80. The molecule has 0 aliphatic rings. The second-order valence-electron chi connectivity index (χ2n) is 3.88. The first kappa shape index (κ1) is 18.9. The third-order valence-corrected chi connectivity index (χ3v) is 2.49. The van der Waals surface area contributed by atoms with Gasteiger partial charge in [0.05, 0.1) is 0 Å². The Kier molecular flexibility index (Phi) is 11.5. The summed E-state index contributed by atoms with van der Waals surface area (Å²) < 4.78 is 0. The highest BCUT2D eigenvalue weighted by Crippen LogP contribution is 2.09. The lowest BCUT2D eigenvalue weighted by Crippen LogP contribution is -1.71. The van der Waals surface area contributed by atoms with E-state index in [1.54, 1.807) is 0 Å². The van der Waals surface area contributed by atoms with E-state index in [1.165, 1.54) is 16.3 Å². The SMILES string of the molecule is CC.CC.Cc1ccccc1.c1ccc2cnccc2c1. The topological polar surface area (TPSA) is 12.9 Å². The van der Waals surface area contributed by atoms with Gasteiger partial charge in [-0.3, -0.25) is 4.98 Å². The Balaban J connectivity index is 0.000000321. The van der Waals surface area contributed by atoms with Crippen LogP contribution in [-0.2, 0) is 0 Å². The summed E-state index contributed by atoms with van der Waals surface area (Å²) in [5, 5.41) is 2.45. The molecule has 3 aromatic rings. The van der Waals surface area contributed by atoms with Gasteiger partial charge in [0.2, 0.25) is 0 Å². The van der Waals surface area contributed by atoms with E-state index in [-0.39, 0.29) is 0 Å². The minimum atomic E-state index is 1.20. The van der Waals surface area contributed by atoms with Gasteiger partial charge in [0.1, 0.15) is 0 Å². The smallest absolute Gasteiger partial charge is 0.0346 e. The van der Waals surface area contributed by atoms with Crippen molar-refractivity contribution in [1.82, 2.24) is 4.98 Å². The number of hydrogen-bond donors (Lipinski definition) is 0. The van der Waals surface area contributed by atoms with Gasteiger partial charge in [-0.1, -0.05) is 87.9 Å². The van der Waals surface area contributed by atoms with Gasteiger partial charge in [-0.25, -0.2) is 0 Å². The Morgan fingerprint density at radius 2 is 1.14 bits per heavy atom. The number of hydrogen-bond acceptors (Lipinski definition) is 1. The van der Waals surface area contributed by atoms with E-state index in [1.807, 2.05) is 76.5 Å². The van der Waals surface area contributed by atoms with Crippen molar-refractivity contribution in [2.45, 2.75) is 34.6 Å². The molecule has 0 unspecified atom stereocenters. The molecule has 0 fully saturated rings. The summed E-state index contributed by atoms with van der Waals surface area (Å²) in [7, 11) is 0. The van der Waals surface area contributed by atoms with E-state index < -0.39 is 0 Å². The molecule has 3 rings (SSSR count). The molecule has 0 amide bonds. The Hall–Kier alpha value is -2.15. The second kappa shape index (κ2) is 12.9. The van der Waals surface area contributed by atoms with Gasteiger partial charge in [-0.05, 0) is 23.8 Å². The van der Waals surface area contributed by atoms with Crippen LogP contribution >= 0.6 is 0 Å². The normalized spacial score (nSPS) is 8.24. The maximum absolute atomic E-state index is 4.01. The molecule has 0 N–H and O–H groups in total. The fourth-order valence-corrected chi connectivity index (χ4v) is 1.56. The van der Waals surface area contributed by atoms with Gasteiger partial charge in [0.15, 0.2) is 0 Å². The zero-order valence-corrected chi connectivity index (χ0v) is 13.9. The first-order chi connectivity index (χ1) is 10.4. The van der Waals surface area contributed by atoms with Crippen LogP contribution in [-0.4, -0.2) is 4.98 Å². The molecule has 0 aliphatic heterocycles. The molecule has 1 heteroatoms. The van der Waals surface area contributed by atoms with E-state index in [2.05, 4.69) is 36.2 Å². The van der Waals surface area contributed by atoms with Crippen molar-refractivity contribution in [3.8, 4) is 0 Å². The van der Waals surface area contributed by atoms with Crippen molar-refractivity contribution in [2.24, 2.45) is 0 Å². The fourth-order valence-electron chi connectivity index (χ4n) is 1.56. The zero-order valence-electron chi connectivity index (χ0n) is 13.9. The van der Waals surface area contributed by atoms with Crippen LogP contribution < -0.4 is 0 Å². The minimum Gasteiger partial charge on any atom is -0.264 e. The molecular weight excluding hydrogens is 254 g/mol. The summed E-state index contributed by atoms with van der Waals surface area (Å²) in [6.07, 6.45) is 3.68. The van der Waals surface area contributed by atoms with Gasteiger partial charge >= 0.3 is 0 Å². The van der Waals surface area contributed by atoms with E-state index >= 15 is 0 Å². The molecule has 0 atom stereocenters. The number of aromatic nitrogens is 1. The lowest BCUT2D eigenvalue weighted by Gasteiger charge is -1.91. The monoisotopic (exact) mass is 281 g/mol. The number of pyridine rings is 1. The van der Waals surface area contributed by atoms with Crippen LogP contribution in [0.15, 0.2) is 73.1 Å². The summed E-state index contributed by atoms with van der Waals surface area (Å²) in [4.78, 5) is 4.01. The highest BCUT2D eigenvalue weighted by Gasteiger charge is 1.86. The van der Waals surface area contributed by atoms with Crippen LogP contribution in [0, 0.1) is 6.92 Å². The van der Waals surface area contributed by atoms with Crippen LogP contribution in [0.25, 0.3) is 10.8 Å². The zero-order chi connectivity index (χ0) is 15.9. The molecule has 21 heavy (non-hydrogen) atoms. The Labute approximate surface area is 129 Å². The largest absolute Gasteiger partial charge is 0.264 e. The van der Waals surface area contributed by atoms with Gasteiger partial charge < -0.3 is 0 Å². The van der Waals surface area contributed by atoms with Crippen molar-refractivity contribution < 1.29 is 0 Å². The van der Waals surface area contributed by atoms with E-state index in [4.69, 9.17) is 0 Å². The molecule has 0 saturated heterocycles. The van der Waals surface area contributed by atoms with Crippen molar-refractivity contribution in [1.29, 1.82) is 0 Å². The second-order valence-corrected chi connectivity index (χ2v) is 3.88.